The number of aromatic nitrogens is 1. The molecule has 0 N–H and O–H groups in total. The minimum atomic E-state index is -3.21. The third-order valence-electron chi connectivity index (χ3n) is 4.42. The van der Waals surface area contributed by atoms with Crippen molar-refractivity contribution < 1.29 is 13.2 Å². The van der Waals surface area contributed by atoms with Gasteiger partial charge in [-0.05, 0) is 24.6 Å². The number of anilines is 1. The highest BCUT2D eigenvalue weighted by Crippen LogP contribution is 2.31. The molecule has 2 aromatic rings. The van der Waals surface area contributed by atoms with Crippen molar-refractivity contribution in [2.75, 3.05) is 37.3 Å². The maximum absolute atomic E-state index is 12.1. The average molecular weight is 382 g/mol. The predicted octanol–water partition coefficient (Wildman–Crippen LogP) is 2.54. The molecule has 6 nitrogen and oxygen atoms in total. The summed E-state index contributed by atoms with van der Waals surface area (Å²) in [4.78, 5) is 21.2. The van der Waals surface area contributed by atoms with Gasteiger partial charge in [0.15, 0.2) is 15.0 Å². The number of nitrogens with zero attached hydrogens (tertiary/aromatic N) is 3. The molecule has 1 aliphatic rings. The van der Waals surface area contributed by atoms with Gasteiger partial charge < -0.3 is 9.80 Å². The molecule has 1 fully saturated rings. The van der Waals surface area contributed by atoms with Gasteiger partial charge in [0.2, 0.25) is 5.91 Å². The van der Waals surface area contributed by atoms with Gasteiger partial charge in [-0.2, -0.15) is 0 Å². The van der Waals surface area contributed by atoms with Gasteiger partial charge in [-0.3, -0.25) is 4.79 Å². The fourth-order valence-corrected chi connectivity index (χ4v) is 4.67. The third kappa shape index (κ3) is 4.12. The molecule has 0 unspecified atom stereocenters. The van der Waals surface area contributed by atoms with E-state index in [0.29, 0.717) is 24.4 Å². The molecule has 1 saturated heterocycles. The number of carbonyl (C=O) groups excluding carboxylic acids is 1. The van der Waals surface area contributed by atoms with Crippen molar-refractivity contribution in [1.82, 2.24) is 9.88 Å². The minimum Gasteiger partial charge on any atom is -0.345 e. The van der Waals surface area contributed by atoms with Gasteiger partial charge in [-0.25, -0.2) is 13.4 Å². The topological polar surface area (TPSA) is 70.6 Å². The lowest BCUT2D eigenvalue weighted by Crippen LogP contribution is -2.48. The Labute approximate surface area is 152 Å². The molecule has 1 aliphatic heterocycles. The van der Waals surface area contributed by atoms with E-state index >= 15 is 0 Å². The van der Waals surface area contributed by atoms with E-state index in [1.54, 1.807) is 18.2 Å². The molecule has 2 heterocycles. The Morgan fingerprint density at radius 3 is 2.60 bits per heavy atom. The van der Waals surface area contributed by atoms with E-state index < -0.39 is 9.84 Å². The number of hydrogen-bond donors (Lipinski definition) is 0. The largest absolute Gasteiger partial charge is 0.345 e. The fourth-order valence-electron chi connectivity index (χ4n) is 2.89. The number of sulfone groups is 1. The van der Waals surface area contributed by atoms with Crippen molar-refractivity contribution >= 4 is 42.4 Å². The molecule has 0 bridgehead atoms. The number of unbranched alkanes of at least 4 members (excludes halogenated alkanes) is 1. The summed E-state index contributed by atoms with van der Waals surface area (Å²) in [5.41, 5.74) is 0.814. The number of carbonyl (C=O) groups is 1. The molecular formula is C17H23N3O3S2. The highest BCUT2D eigenvalue weighted by Gasteiger charge is 2.23. The number of thiazole rings is 1. The van der Waals surface area contributed by atoms with Gasteiger partial charge in [-0.1, -0.05) is 24.7 Å². The molecular weight excluding hydrogens is 358 g/mol. The first-order valence-electron chi connectivity index (χ1n) is 8.52. The summed E-state index contributed by atoms with van der Waals surface area (Å²) in [6.07, 6.45) is 3.82. The van der Waals surface area contributed by atoms with E-state index in [1.807, 2.05) is 4.90 Å². The van der Waals surface area contributed by atoms with E-state index in [9.17, 15) is 13.2 Å². The van der Waals surface area contributed by atoms with Crippen LogP contribution in [-0.2, 0) is 14.6 Å². The van der Waals surface area contributed by atoms with Crippen LogP contribution in [0.15, 0.2) is 23.1 Å². The molecule has 3 rings (SSSR count). The number of piperazine rings is 1. The van der Waals surface area contributed by atoms with Crippen molar-refractivity contribution in [2.24, 2.45) is 0 Å². The molecule has 0 radical (unpaired) electrons. The molecule has 1 aromatic carbocycles. The Hall–Kier alpha value is -1.67. The van der Waals surface area contributed by atoms with Crippen LogP contribution in [0.3, 0.4) is 0 Å². The third-order valence-corrected chi connectivity index (χ3v) is 6.61. The van der Waals surface area contributed by atoms with Crippen LogP contribution in [-0.4, -0.2) is 56.6 Å². The Morgan fingerprint density at radius 2 is 1.96 bits per heavy atom. The first kappa shape index (κ1) is 18.1. The van der Waals surface area contributed by atoms with E-state index in [4.69, 9.17) is 0 Å². The van der Waals surface area contributed by atoms with Crippen LogP contribution in [0.25, 0.3) is 10.2 Å². The van der Waals surface area contributed by atoms with Crippen LogP contribution >= 0.6 is 11.3 Å². The maximum atomic E-state index is 12.1. The Morgan fingerprint density at radius 1 is 1.24 bits per heavy atom. The molecule has 0 spiro atoms. The Kier molecular flexibility index (Phi) is 5.29. The van der Waals surface area contributed by atoms with Gasteiger partial charge in [-0.15, -0.1) is 0 Å². The first-order chi connectivity index (χ1) is 11.9. The highest BCUT2D eigenvalue weighted by atomic mass is 32.2. The summed E-state index contributed by atoms with van der Waals surface area (Å²) >= 11 is 1.50. The van der Waals surface area contributed by atoms with Crippen LogP contribution in [0.2, 0.25) is 0 Å². The molecule has 0 aliphatic carbocycles. The fraction of sp³-hybridized carbons (Fsp3) is 0.529. The molecule has 8 heteroatoms. The molecule has 1 aromatic heterocycles. The quantitative estimate of drug-likeness (QED) is 0.796. The van der Waals surface area contributed by atoms with Gasteiger partial charge in [0.05, 0.1) is 15.1 Å². The average Bonchev–Trinajstić information content (AvgIpc) is 3.02. The first-order valence-corrected chi connectivity index (χ1v) is 11.2. The van der Waals surface area contributed by atoms with Gasteiger partial charge in [0, 0.05) is 38.9 Å². The summed E-state index contributed by atoms with van der Waals surface area (Å²) in [6.45, 7) is 5.04. The number of hydrogen-bond acceptors (Lipinski definition) is 6. The number of benzene rings is 1. The Bertz CT molecular complexity index is 868. The molecule has 136 valence electrons. The van der Waals surface area contributed by atoms with Gasteiger partial charge in [0.1, 0.15) is 0 Å². The highest BCUT2D eigenvalue weighted by molar-refractivity contribution is 7.90. The summed E-state index contributed by atoms with van der Waals surface area (Å²) < 4.78 is 24.3. The molecule has 0 atom stereocenters. The second-order valence-electron chi connectivity index (χ2n) is 6.37. The minimum absolute atomic E-state index is 0.239. The zero-order chi connectivity index (χ0) is 18.0. The molecule has 1 amide bonds. The monoisotopic (exact) mass is 381 g/mol. The van der Waals surface area contributed by atoms with Crippen LogP contribution in [0.4, 0.5) is 5.13 Å². The lowest BCUT2D eigenvalue weighted by atomic mass is 10.2. The van der Waals surface area contributed by atoms with E-state index in [-0.39, 0.29) is 5.91 Å². The number of rotatable bonds is 5. The van der Waals surface area contributed by atoms with Crippen molar-refractivity contribution in [3.05, 3.63) is 18.2 Å². The SMILES string of the molecule is CCCCC(=O)N1CCN(c2nc3ccc(S(C)(=O)=O)cc3s2)CC1. The Balaban J connectivity index is 1.70. The normalized spacial score (nSPS) is 15.8. The van der Waals surface area contributed by atoms with Crippen LogP contribution in [0.5, 0.6) is 0 Å². The van der Waals surface area contributed by atoms with Crippen molar-refractivity contribution in [1.29, 1.82) is 0 Å². The van der Waals surface area contributed by atoms with Gasteiger partial charge >= 0.3 is 0 Å². The lowest BCUT2D eigenvalue weighted by Gasteiger charge is -2.34. The van der Waals surface area contributed by atoms with Crippen LogP contribution in [0, 0.1) is 0 Å². The van der Waals surface area contributed by atoms with Crippen LogP contribution < -0.4 is 4.90 Å². The van der Waals surface area contributed by atoms with Crippen LogP contribution in [0.1, 0.15) is 26.2 Å². The molecule has 25 heavy (non-hydrogen) atoms. The number of fused-ring (bicyclic) bond motifs is 1. The lowest BCUT2D eigenvalue weighted by molar-refractivity contribution is -0.131. The summed E-state index contributed by atoms with van der Waals surface area (Å²) in [6, 6.07) is 5.05. The summed E-state index contributed by atoms with van der Waals surface area (Å²) in [5, 5.41) is 0.890. The van der Waals surface area contributed by atoms with E-state index in [1.165, 1.54) is 17.6 Å². The summed E-state index contributed by atoms with van der Waals surface area (Å²) in [7, 11) is -3.21. The summed E-state index contributed by atoms with van der Waals surface area (Å²) in [5.74, 6) is 0.239. The van der Waals surface area contributed by atoms with Gasteiger partial charge in [0.25, 0.3) is 0 Å². The number of amides is 1. The van der Waals surface area contributed by atoms with Crippen molar-refractivity contribution in [3.8, 4) is 0 Å². The molecule has 0 saturated carbocycles. The second-order valence-corrected chi connectivity index (χ2v) is 9.39. The predicted molar refractivity (Wildman–Crippen MR) is 101 cm³/mol. The smallest absolute Gasteiger partial charge is 0.222 e. The zero-order valence-electron chi connectivity index (χ0n) is 14.6. The zero-order valence-corrected chi connectivity index (χ0v) is 16.2. The standard InChI is InChI=1S/C17H23N3O3S2/c1-3-4-5-16(21)19-8-10-20(11-9-19)17-18-14-7-6-13(25(2,22)23)12-15(14)24-17/h6-7,12H,3-5,8-11H2,1-2H3. The van der Waals surface area contributed by atoms with E-state index in [0.717, 1.165) is 41.3 Å². The second kappa shape index (κ2) is 7.29. The van der Waals surface area contributed by atoms with Crippen molar-refractivity contribution in [3.63, 3.8) is 0 Å². The van der Waals surface area contributed by atoms with Crippen molar-refractivity contribution in [2.45, 2.75) is 31.1 Å². The van der Waals surface area contributed by atoms with E-state index in [2.05, 4.69) is 16.8 Å². The maximum Gasteiger partial charge on any atom is 0.222 e.